The highest BCUT2D eigenvalue weighted by Crippen LogP contribution is 2.25. The molecule has 0 spiro atoms. The van der Waals surface area contributed by atoms with E-state index in [0.717, 1.165) is 37.8 Å². The molecule has 0 saturated carbocycles. The highest BCUT2D eigenvalue weighted by molar-refractivity contribution is 5.55. The average molecular weight is 287 g/mol. The fourth-order valence-corrected chi connectivity index (χ4v) is 2.19. The average Bonchev–Trinajstić information content (AvgIpc) is 2.92. The summed E-state index contributed by atoms with van der Waals surface area (Å²) >= 11 is 0. The molecule has 0 unspecified atom stereocenters. The van der Waals surface area contributed by atoms with Gasteiger partial charge in [0.15, 0.2) is 0 Å². The molecule has 21 heavy (non-hydrogen) atoms. The summed E-state index contributed by atoms with van der Waals surface area (Å²) in [6, 6.07) is 8.38. The van der Waals surface area contributed by atoms with Crippen molar-refractivity contribution in [2.24, 2.45) is 5.73 Å². The van der Waals surface area contributed by atoms with Crippen LogP contribution in [0.1, 0.15) is 51.5 Å². The van der Waals surface area contributed by atoms with E-state index in [1.165, 1.54) is 5.56 Å². The molecule has 0 fully saturated rings. The second-order valence-electron chi connectivity index (χ2n) is 6.44. The van der Waals surface area contributed by atoms with Crippen molar-refractivity contribution >= 4 is 0 Å². The van der Waals surface area contributed by atoms with Gasteiger partial charge < -0.3 is 10.3 Å². The Balaban J connectivity index is 2.00. The van der Waals surface area contributed by atoms with Gasteiger partial charge in [0.25, 0.3) is 0 Å². The van der Waals surface area contributed by atoms with E-state index in [-0.39, 0.29) is 5.41 Å². The summed E-state index contributed by atoms with van der Waals surface area (Å²) in [5.74, 6) is 1.38. The molecule has 0 bridgehead atoms. The third kappa shape index (κ3) is 4.39. The van der Waals surface area contributed by atoms with Crippen molar-refractivity contribution in [3.8, 4) is 11.4 Å². The second kappa shape index (κ2) is 6.85. The molecule has 0 radical (unpaired) electrons. The molecule has 114 valence electrons. The number of nitrogens with zero attached hydrogens (tertiary/aromatic N) is 2. The fraction of sp³-hybridized carbons (Fsp3) is 0.529. The first-order valence-corrected chi connectivity index (χ1v) is 7.64. The van der Waals surface area contributed by atoms with Crippen molar-refractivity contribution in [1.29, 1.82) is 0 Å². The van der Waals surface area contributed by atoms with E-state index in [0.29, 0.717) is 11.7 Å². The Morgan fingerprint density at radius 2 is 1.76 bits per heavy atom. The number of hydrogen-bond donors (Lipinski definition) is 1. The van der Waals surface area contributed by atoms with Crippen LogP contribution in [0.2, 0.25) is 0 Å². The van der Waals surface area contributed by atoms with Crippen molar-refractivity contribution in [2.45, 2.75) is 51.9 Å². The highest BCUT2D eigenvalue weighted by atomic mass is 16.5. The third-order valence-corrected chi connectivity index (χ3v) is 3.57. The topological polar surface area (TPSA) is 64.9 Å². The summed E-state index contributed by atoms with van der Waals surface area (Å²) in [5, 5.41) is 4.07. The van der Waals surface area contributed by atoms with Crippen molar-refractivity contribution in [3.63, 3.8) is 0 Å². The minimum absolute atomic E-state index is 0.157. The number of aryl methyl sites for hydroxylation is 1. The molecule has 2 aromatic rings. The molecule has 1 heterocycles. The van der Waals surface area contributed by atoms with E-state index in [4.69, 9.17) is 10.3 Å². The van der Waals surface area contributed by atoms with Crippen LogP contribution in [0.15, 0.2) is 28.8 Å². The van der Waals surface area contributed by atoms with Gasteiger partial charge in [0.2, 0.25) is 11.7 Å². The van der Waals surface area contributed by atoms with Gasteiger partial charge in [-0.25, -0.2) is 0 Å². The lowest BCUT2D eigenvalue weighted by Crippen LogP contribution is -2.10. The Morgan fingerprint density at radius 3 is 2.38 bits per heavy atom. The van der Waals surface area contributed by atoms with Crippen LogP contribution in [0.5, 0.6) is 0 Å². The lowest BCUT2D eigenvalue weighted by atomic mass is 9.87. The number of rotatable bonds is 6. The Hall–Kier alpha value is -1.68. The molecular weight excluding hydrogens is 262 g/mol. The van der Waals surface area contributed by atoms with Crippen LogP contribution in [-0.2, 0) is 11.8 Å². The molecule has 2 N–H and O–H groups in total. The van der Waals surface area contributed by atoms with Crippen molar-refractivity contribution in [1.82, 2.24) is 10.1 Å². The SMILES string of the molecule is CC(C)(C)c1ccc(-c2noc(CCCCCN)n2)cc1. The van der Waals surface area contributed by atoms with Crippen LogP contribution in [0.4, 0.5) is 0 Å². The Morgan fingerprint density at radius 1 is 1.05 bits per heavy atom. The van der Waals surface area contributed by atoms with E-state index in [1.807, 2.05) is 0 Å². The highest BCUT2D eigenvalue weighted by Gasteiger charge is 2.14. The summed E-state index contributed by atoms with van der Waals surface area (Å²) in [6.45, 7) is 7.36. The zero-order valence-corrected chi connectivity index (χ0v) is 13.2. The molecular formula is C17H25N3O. The largest absolute Gasteiger partial charge is 0.339 e. The first-order chi connectivity index (χ1) is 10.0. The molecule has 4 heteroatoms. The lowest BCUT2D eigenvalue weighted by molar-refractivity contribution is 0.374. The fourth-order valence-electron chi connectivity index (χ4n) is 2.19. The molecule has 1 aromatic heterocycles. The van der Waals surface area contributed by atoms with Crippen LogP contribution >= 0.6 is 0 Å². The standard InChI is InChI=1S/C17H25N3O/c1-17(2,3)14-10-8-13(9-11-14)16-19-15(21-20-16)7-5-4-6-12-18/h8-11H,4-7,12,18H2,1-3H3. The maximum absolute atomic E-state index is 5.48. The molecule has 0 aliphatic heterocycles. The lowest BCUT2D eigenvalue weighted by Gasteiger charge is -2.18. The number of hydrogen-bond acceptors (Lipinski definition) is 4. The number of nitrogens with two attached hydrogens (primary N) is 1. The van der Waals surface area contributed by atoms with Crippen LogP contribution in [-0.4, -0.2) is 16.7 Å². The Labute approximate surface area is 126 Å². The van der Waals surface area contributed by atoms with Crippen LogP contribution in [0.25, 0.3) is 11.4 Å². The molecule has 2 rings (SSSR count). The molecule has 0 atom stereocenters. The minimum Gasteiger partial charge on any atom is -0.339 e. The van der Waals surface area contributed by atoms with Gasteiger partial charge >= 0.3 is 0 Å². The Kier molecular flexibility index (Phi) is 5.12. The molecule has 1 aromatic carbocycles. The monoisotopic (exact) mass is 287 g/mol. The zero-order valence-electron chi connectivity index (χ0n) is 13.2. The molecule has 0 amide bonds. The van der Waals surface area contributed by atoms with Crippen LogP contribution in [0.3, 0.4) is 0 Å². The van der Waals surface area contributed by atoms with E-state index in [2.05, 4.69) is 55.2 Å². The van der Waals surface area contributed by atoms with Crippen LogP contribution < -0.4 is 5.73 Å². The van der Waals surface area contributed by atoms with Gasteiger partial charge in [-0.1, -0.05) is 56.6 Å². The first-order valence-electron chi connectivity index (χ1n) is 7.64. The van der Waals surface area contributed by atoms with E-state index >= 15 is 0 Å². The summed E-state index contributed by atoms with van der Waals surface area (Å²) in [7, 11) is 0. The normalized spacial score (nSPS) is 11.8. The van der Waals surface area contributed by atoms with E-state index in [9.17, 15) is 0 Å². The second-order valence-corrected chi connectivity index (χ2v) is 6.44. The van der Waals surface area contributed by atoms with Gasteiger partial charge in [-0.3, -0.25) is 0 Å². The summed E-state index contributed by atoms with van der Waals surface area (Å²) < 4.78 is 5.30. The maximum Gasteiger partial charge on any atom is 0.226 e. The quantitative estimate of drug-likeness (QED) is 0.823. The molecule has 0 saturated heterocycles. The minimum atomic E-state index is 0.157. The van der Waals surface area contributed by atoms with Gasteiger partial charge in [-0.2, -0.15) is 4.98 Å². The molecule has 4 nitrogen and oxygen atoms in total. The van der Waals surface area contributed by atoms with Crippen molar-refractivity contribution in [2.75, 3.05) is 6.54 Å². The van der Waals surface area contributed by atoms with Gasteiger partial charge in [-0.15, -0.1) is 0 Å². The smallest absolute Gasteiger partial charge is 0.226 e. The summed E-state index contributed by atoms with van der Waals surface area (Å²) in [5.41, 5.74) is 7.94. The van der Waals surface area contributed by atoms with Crippen molar-refractivity contribution in [3.05, 3.63) is 35.7 Å². The predicted octanol–water partition coefficient (Wildman–Crippen LogP) is 3.71. The number of aromatic nitrogens is 2. The predicted molar refractivity (Wildman–Crippen MR) is 85.0 cm³/mol. The third-order valence-electron chi connectivity index (χ3n) is 3.57. The maximum atomic E-state index is 5.48. The Bertz CT molecular complexity index is 552. The zero-order chi connectivity index (χ0) is 15.3. The van der Waals surface area contributed by atoms with Crippen molar-refractivity contribution < 1.29 is 4.52 Å². The first kappa shape index (κ1) is 15.7. The van der Waals surface area contributed by atoms with Gasteiger partial charge in [0.1, 0.15) is 0 Å². The number of benzene rings is 1. The summed E-state index contributed by atoms with van der Waals surface area (Å²) in [4.78, 5) is 4.46. The van der Waals surface area contributed by atoms with Gasteiger partial charge in [-0.05, 0) is 30.4 Å². The van der Waals surface area contributed by atoms with Crippen LogP contribution in [0, 0.1) is 0 Å². The molecule has 0 aliphatic carbocycles. The van der Waals surface area contributed by atoms with Gasteiger partial charge in [0.05, 0.1) is 0 Å². The van der Waals surface area contributed by atoms with E-state index < -0.39 is 0 Å². The number of unbranched alkanes of at least 4 members (excludes halogenated alkanes) is 2. The molecule has 0 aliphatic rings. The van der Waals surface area contributed by atoms with E-state index in [1.54, 1.807) is 0 Å². The van der Waals surface area contributed by atoms with Gasteiger partial charge in [0, 0.05) is 12.0 Å². The summed E-state index contributed by atoms with van der Waals surface area (Å²) in [6.07, 6.45) is 4.03.